The minimum atomic E-state index is -1.06. The number of carboxylic acid groups (broad SMARTS) is 1. The van der Waals surface area contributed by atoms with Gasteiger partial charge < -0.3 is 14.6 Å². The summed E-state index contributed by atoms with van der Waals surface area (Å²) in [6, 6.07) is 24.1. The Morgan fingerprint density at radius 2 is 1.30 bits per heavy atom. The molecule has 0 aliphatic rings. The largest absolute Gasteiger partial charge is 0.507 e. The Kier molecular flexibility index (Phi) is 4.01. The molecular formula is C28H16O5. The van der Waals surface area contributed by atoms with E-state index in [-0.39, 0.29) is 16.7 Å². The summed E-state index contributed by atoms with van der Waals surface area (Å²) in [7, 11) is 0. The molecule has 0 atom stereocenters. The lowest BCUT2D eigenvalue weighted by molar-refractivity contribution is 0.0697. The van der Waals surface area contributed by atoms with E-state index in [9.17, 15) is 19.8 Å². The third-order valence-corrected chi connectivity index (χ3v) is 6.13. The van der Waals surface area contributed by atoms with Crippen LogP contribution in [0.1, 0.15) is 10.4 Å². The fourth-order valence-corrected chi connectivity index (χ4v) is 4.72. The average molecular weight is 432 g/mol. The summed E-state index contributed by atoms with van der Waals surface area (Å²) in [5.41, 5.74) is 2.26. The van der Waals surface area contributed by atoms with Gasteiger partial charge in [0.2, 0.25) is 0 Å². The van der Waals surface area contributed by atoms with E-state index >= 15 is 0 Å². The summed E-state index contributed by atoms with van der Waals surface area (Å²) in [5, 5.41) is 24.3. The highest BCUT2D eigenvalue weighted by Crippen LogP contribution is 2.44. The van der Waals surface area contributed by atoms with E-state index in [0.717, 1.165) is 5.39 Å². The van der Waals surface area contributed by atoms with Crippen LogP contribution in [-0.2, 0) is 0 Å². The van der Waals surface area contributed by atoms with Crippen LogP contribution in [0.3, 0.4) is 0 Å². The van der Waals surface area contributed by atoms with Crippen molar-refractivity contribution in [1.82, 2.24) is 0 Å². The van der Waals surface area contributed by atoms with Gasteiger partial charge in [0.1, 0.15) is 16.9 Å². The second-order valence-corrected chi connectivity index (χ2v) is 7.93. The van der Waals surface area contributed by atoms with Crippen LogP contribution in [0.15, 0.2) is 94.1 Å². The van der Waals surface area contributed by atoms with Crippen LogP contribution < -0.4 is 5.43 Å². The van der Waals surface area contributed by atoms with Gasteiger partial charge in [-0.3, -0.25) is 4.79 Å². The van der Waals surface area contributed by atoms with Gasteiger partial charge in [-0.2, -0.15) is 0 Å². The molecule has 0 aliphatic heterocycles. The molecule has 158 valence electrons. The van der Waals surface area contributed by atoms with Gasteiger partial charge >= 0.3 is 5.97 Å². The SMILES string of the molecule is O=C(O)c1ccccc1-c1c2c(ccc3c(O)cccc32)oc2ccc3c(=O)cccc3c12. The lowest BCUT2D eigenvalue weighted by Crippen LogP contribution is -2.02. The molecule has 1 aromatic heterocycles. The number of benzene rings is 5. The van der Waals surface area contributed by atoms with Crippen molar-refractivity contribution in [3.63, 3.8) is 0 Å². The van der Waals surface area contributed by atoms with Gasteiger partial charge in [-0.25, -0.2) is 4.79 Å². The number of phenolic OH excluding ortho intramolecular Hbond substituents is 1. The van der Waals surface area contributed by atoms with Crippen molar-refractivity contribution in [2.24, 2.45) is 0 Å². The van der Waals surface area contributed by atoms with Crippen molar-refractivity contribution in [2.45, 2.75) is 0 Å². The highest BCUT2D eigenvalue weighted by molar-refractivity contribution is 6.25. The van der Waals surface area contributed by atoms with Crippen molar-refractivity contribution in [2.75, 3.05) is 0 Å². The van der Waals surface area contributed by atoms with E-state index in [1.165, 1.54) is 6.07 Å². The van der Waals surface area contributed by atoms with Crippen LogP contribution in [0.2, 0.25) is 0 Å². The normalized spacial score (nSPS) is 11.5. The number of carboxylic acids is 1. The van der Waals surface area contributed by atoms with Crippen molar-refractivity contribution in [3.05, 3.63) is 101 Å². The van der Waals surface area contributed by atoms with Crippen LogP contribution in [0.4, 0.5) is 0 Å². The molecule has 0 aliphatic carbocycles. The number of hydrogen-bond acceptors (Lipinski definition) is 4. The Morgan fingerprint density at radius 3 is 2.03 bits per heavy atom. The Morgan fingerprint density at radius 1 is 0.667 bits per heavy atom. The zero-order valence-electron chi connectivity index (χ0n) is 17.2. The van der Waals surface area contributed by atoms with Crippen LogP contribution in [-0.4, -0.2) is 16.2 Å². The minimum absolute atomic E-state index is 0.117. The fourth-order valence-electron chi connectivity index (χ4n) is 4.72. The number of carbonyl (C=O) groups is 1. The average Bonchev–Trinajstić information content (AvgIpc) is 2.82. The van der Waals surface area contributed by atoms with Crippen LogP contribution >= 0.6 is 0 Å². The summed E-state index contributed by atoms with van der Waals surface area (Å²) in [6.07, 6.45) is 0. The van der Waals surface area contributed by atoms with Crippen molar-refractivity contribution in [3.8, 4) is 16.9 Å². The van der Waals surface area contributed by atoms with Crippen molar-refractivity contribution < 1.29 is 19.4 Å². The molecule has 0 amide bonds. The molecule has 33 heavy (non-hydrogen) atoms. The number of hydrogen-bond donors (Lipinski definition) is 2. The van der Waals surface area contributed by atoms with Crippen LogP contribution in [0.5, 0.6) is 5.75 Å². The molecular weight excluding hydrogens is 416 g/mol. The second-order valence-electron chi connectivity index (χ2n) is 7.93. The first-order chi connectivity index (χ1) is 16.0. The summed E-state index contributed by atoms with van der Waals surface area (Å²) in [6.45, 7) is 0. The first-order valence-electron chi connectivity index (χ1n) is 10.4. The molecule has 6 rings (SSSR count). The first-order valence-corrected chi connectivity index (χ1v) is 10.4. The maximum atomic E-state index is 12.6. The molecule has 0 fully saturated rings. The van der Waals surface area contributed by atoms with E-state index in [1.54, 1.807) is 66.7 Å². The fraction of sp³-hybridized carbons (Fsp3) is 0. The predicted octanol–water partition coefficient (Wildman–Crippen LogP) is 6.32. The Labute approximate surface area is 186 Å². The summed E-state index contributed by atoms with van der Waals surface area (Å²) in [4.78, 5) is 24.8. The van der Waals surface area contributed by atoms with Gasteiger partial charge in [-0.05, 0) is 58.8 Å². The van der Waals surface area contributed by atoms with Gasteiger partial charge in [0.25, 0.3) is 0 Å². The minimum Gasteiger partial charge on any atom is -0.507 e. The number of fused-ring (bicyclic) bond motifs is 6. The summed E-state index contributed by atoms with van der Waals surface area (Å²) in [5.74, 6) is -0.938. The molecule has 6 aromatic rings. The Bertz CT molecular complexity index is 1830. The standard InChI is InChI=1S/C28H16O5/c29-21-9-3-7-17-15(21)11-13-23-25(17)27(19-5-1-2-6-20(19)28(31)32)26-18-8-4-10-22(30)16(18)12-14-24(26)33-23/h1-14,29H,(H,31,32). The van der Waals surface area contributed by atoms with E-state index < -0.39 is 5.97 Å². The highest BCUT2D eigenvalue weighted by atomic mass is 16.4. The van der Waals surface area contributed by atoms with Crippen molar-refractivity contribution >= 4 is 49.5 Å². The van der Waals surface area contributed by atoms with Crippen LogP contribution in [0.25, 0.3) is 54.6 Å². The van der Waals surface area contributed by atoms with Gasteiger partial charge in [0.15, 0.2) is 5.43 Å². The van der Waals surface area contributed by atoms with E-state index in [1.807, 2.05) is 12.1 Å². The third-order valence-electron chi connectivity index (χ3n) is 6.13. The zero-order valence-corrected chi connectivity index (χ0v) is 17.2. The first kappa shape index (κ1) is 19.1. The molecule has 0 saturated heterocycles. The second kappa shape index (κ2) is 6.93. The van der Waals surface area contributed by atoms with E-state index in [4.69, 9.17) is 4.42 Å². The lowest BCUT2D eigenvalue weighted by Gasteiger charge is -2.17. The number of aromatic carboxylic acids is 1. The monoisotopic (exact) mass is 432 g/mol. The molecule has 0 saturated carbocycles. The van der Waals surface area contributed by atoms with Gasteiger partial charge in [0.05, 0.1) is 5.56 Å². The molecule has 2 N–H and O–H groups in total. The smallest absolute Gasteiger partial charge is 0.336 e. The highest BCUT2D eigenvalue weighted by Gasteiger charge is 2.21. The topological polar surface area (TPSA) is 87.7 Å². The molecule has 5 nitrogen and oxygen atoms in total. The molecule has 0 unspecified atom stereocenters. The molecule has 0 bridgehead atoms. The quantitative estimate of drug-likeness (QED) is 0.247. The third kappa shape index (κ3) is 2.72. The molecule has 5 heteroatoms. The van der Waals surface area contributed by atoms with Gasteiger partial charge in [-0.1, -0.05) is 42.5 Å². The number of rotatable bonds is 2. The van der Waals surface area contributed by atoms with Crippen molar-refractivity contribution in [1.29, 1.82) is 0 Å². The molecule has 0 radical (unpaired) electrons. The van der Waals surface area contributed by atoms with Gasteiger partial charge in [-0.15, -0.1) is 0 Å². The molecule has 0 spiro atoms. The predicted molar refractivity (Wildman–Crippen MR) is 129 cm³/mol. The lowest BCUT2D eigenvalue weighted by atomic mass is 9.89. The Balaban J connectivity index is 1.99. The Hall–Kier alpha value is -4.64. The van der Waals surface area contributed by atoms with Crippen LogP contribution in [0, 0.1) is 0 Å². The number of aromatic hydroxyl groups is 1. The molecule has 5 aromatic carbocycles. The van der Waals surface area contributed by atoms with Gasteiger partial charge in [0, 0.05) is 27.1 Å². The maximum absolute atomic E-state index is 12.6. The number of phenols is 1. The summed E-state index contributed by atoms with van der Waals surface area (Å²) >= 11 is 0. The molecule has 1 heterocycles. The zero-order chi connectivity index (χ0) is 22.7. The van der Waals surface area contributed by atoms with E-state index in [0.29, 0.717) is 49.2 Å². The maximum Gasteiger partial charge on any atom is 0.336 e. The van der Waals surface area contributed by atoms with E-state index in [2.05, 4.69) is 0 Å². The summed E-state index contributed by atoms with van der Waals surface area (Å²) < 4.78 is 6.27.